The lowest BCUT2D eigenvalue weighted by Gasteiger charge is -1.95. The summed E-state index contributed by atoms with van der Waals surface area (Å²) in [6.07, 6.45) is 13.0. The Hall–Kier alpha value is -0.520. The molecule has 0 nitrogen and oxygen atoms in total. The average molecular weight is 166 g/mol. The van der Waals surface area contributed by atoms with Crippen LogP contribution in [-0.2, 0) is 0 Å². The summed E-state index contributed by atoms with van der Waals surface area (Å²) in [4.78, 5) is 0. The van der Waals surface area contributed by atoms with Gasteiger partial charge in [-0.05, 0) is 26.2 Å². The van der Waals surface area contributed by atoms with Crippen molar-refractivity contribution in [1.82, 2.24) is 0 Å². The van der Waals surface area contributed by atoms with E-state index in [9.17, 15) is 0 Å². The first-order valence-corrected chi connectivity index (χ1v) is 5.11. The normalized spacial score (nSPS) is 12.8. The maximum atomic E-state index is 2.36. The highest BCUT2D eigenvalue weighted by Crippen LogP contribution is 2.05. The summed E-state index contributed by atoms with van der Waals surface area (Å²) in [5.41, 5.74) is 1.51. The number of unbranched alkanes of at least 4 members (excludes halogenated alkanes) is 2. The Morgan fingerprint density at radius 2 is 1.92 bits per heavy atom. The zero-order valence-corrected chi connectivity index (χ0v) is 8.77. The zero-order valence-electron chi connectivity index (χ0n) is 8.77. The van der Waals surface area contributed by atoms with Crippen LogP contribution in [0.3, 0.4) is 0 Å². The van der Waals surface area contributed by atoms with Gasteiger partial charge in [-0.2, -0.15) is 0 Å². The first kappa shape index (κ1) is 11.5. The molecule has 0 saturated carbocycles. The van der Waals surface area contributed by atoms with Crippen molar-refractivity contribution in [3.8, 4) is 0 Å². The van der Waals surface area contributed by atoms with Gasteiger partial charge in [0.15, 0.2) is 0 Å². The van der Waals surface area contributed by atoms with Crippen molar-refractivity contribution in [3.05, 3.63) is 23.8 Å². The summed E-state index contributed by atoms with van der Waals surface area (Å²) in [6, 6.07) is 0. The lowest BCUT2D eigenvalue weighted by Crippen LogP contribution is -1.74. The highest BCUT2D eigenvalue weighted by atomic mass is 13.9. The van der Waals surface area contributed by atoms with Crippen LogP contribution in [0.1, 0.15) is 52.9 Å². The molecule has 0 aromatic rings. The molecule has 0 unspecified atom stereocenters. The van der Waals surface area contributed by atoms with Crippen LogP contribution in [-0.4, -0.2) is 0 Å². The van der Waals surface area contributed by atoms with Crippen molar-refractivity contribution in [2.75, 3.05) is 0 Å². The van der Waals surface area contributed by atoms with Gasteiger partial charge in [-0.1, -0.05) is 50.5 Å². The molecule has 0 radical (unpaired) electrons. The Kier molecular flexibility index (Phi) is 8.20. The van der Waals surface area contributed by atoms with Crippen LogP contribution in [0.15, 0.2) is 23.8 Å². The van der Waals surface area contributed by atoms with E-state index in [1.54, 1.807) is 0 Å². The van der Waals surface area contributed by atoms with Gasteiger partial charge in [0.25, 0.3) is 0 Å². The third kappa shape index (κ3) is 7.59. The van der Waals surface area contributed by atoms with Gasteiger partial charge in [-0.25, -0.2) is 0 Å². The second-order valence-electron chi connectivity index (χ2n) is 3.28. The molecule has 0 amide bonds. The Morgan fingerprint density at radius 3 is 2.50 bits per heavy atom. The van der Waals surface area contributed by atoms with Gasteiger partial charge < -0.3 is 0 Å². The van der Waals surface area contributed by atoms with E-state index in [0.29, 0.717) is 0 Å². The molecule has 0 N–H and O–H groups in total. The number of hydrogen-bond donors (Lipinski definition) is 0. The molecule has 0 aromatic carbocycles. The Morgan fingerprint density at radius 1 is 1.17 bits per heavy atom. The standard InChI is InChI=1S/C12H22/c1-4-6-8-10-12(3)11-9-7-5-2/h6,8,11H,4-5,7,9-10H2,1-3H3. The monoisotopic (exact) mass is 166 g/mol. The first-order chi connectivity index (χ1) is 5.81. The van der Waals surface area contributed by atoms with E-state index in [1.165, 1.54) is 24.8 Å². The van der Waals surface area contributed by atoms with Crippen molar-refractivity contribution in [2.24, 2.45) is 0 Å². The van der Waals surface area contributed by atoms with E-state index in [1.807, 2.05) is 0 Å². The molecular weight excluding hydrogens is 144 g/mol. The van der Waals surface area contributed by atoms with E-state index in [-0.39, 0.29) is 0 Å². The molecule has 0 rings (SSSR count). The first-order valence-electron chi connectivity index (χ1n) is 5.11. The van der Waals surface area contributed by atoms with Crippen LogP contribution >= 0.6 is 0 Å². The smallest absolute Gasteiger partial charge is 0.0142 e. The van der Waals surface area contributed by atoms with Crippen molar-refractivity contribution in [3.63, 3.8) is 0 Å². The minimum absolute atomic E-state index is 1.14. The van der Waals surface area contributed by atoms with Crippen LogP contribution in [0, 0.1) is 0 Å². The predicted octanol–water partition coefficient (Wildman–Crippen LogP) is 4.48. The van der Waals surface area contributed by atoms with Crippen LogP contribution in [0.5, 0.6) is 0 Å². The van der Waals surface area contributed by atoms with Crippen molar-refractivity contribution < 1.29 is 0 Å². The summed E-state index contributed by atoms with van der Waals surface area (Å²) in [6.45, 7) is 6.63. The minimum atomic E-state index is 1.14. The van der Waals surface area contributed by atoms with E-state index in [4.69, 9.17) is 0 Å². The van der Waals surface area contributed by atoms with E-state index >= 15 is 0 Å². The molecular formula is C12H22. The van der Waals surface area contributed by atoms with Crippen molar-refractivity contribution in [2.45, 2.75) is 52.9 Å². The summed E-state index contributed by atoms with van der Waals surface area (Å²) in [5, 5.41) is 0. The topological polar surface area (TPSA) is 0 Å². The van der Waals surface area contributed by atoms with Crippen LogP contribution in [0.2, 0.25) is 0 Å². The summed E-state index contributed by atoms with van der Waals surface area (Å²) in [5.74, 6) is 0. The second kappa shape index (κ2) is 8.58. The Bertz CT molecular complexity index is 140. The molecule has 0 aliphatic carbocycles. The quantitative estimate of drug-likeness (QED) is 0.403. The summed E-state index contributed by atoms with van der Waals surface area (Å²) in [7, 11) is 0. The third-order valence-electron chi connectivity index (χ3n) is 1.89. The largest absolute Gasteiger partial charge is 0.0885 e. The van der Waals surface area contributed by atoms with E-state index in [0.717, 1.165) is 12.8 Å². The molecule has 0 fully saturated rings. The number of allylic oxidation sites excluding steroid dienone is 4. The van der Waals surface area contributed by atoms with Crippen LogP contribution < -0.4 is 0 Å². The maximum Gasteiger partial charge on any atom is -0.0142 e. The fourth-order valence-corrected chi connectivity index (χ4v) is 1.07. The molecule has 0 heteroatoms. The van der Waals surface area contributed by atoms with Crippen LogP contribution in [0.4, 0.5) is 0 Å². The van der Waals surface area contributed by atoms with Gasteiger partial charge in [0.05, 0.1) is 0 Å². The summed E-state index contributed by atoms with van der Waals surface area (Å²) < 4.78 is 0. The molecule has 0 atom stereocenters. The maximum absolute atomic E-state index is 2.36. The highest BCUT2D eigenvalue weighted by Gasteiger charge is 1.84. The minimum Gasteiger partial charge on any atom is -0.0885 e. The fraction of sp³-hybridized carbons (Fsp3) is 0.667. The molecule has 0 aliphatic heterocycles. The zero-order chi connectivity index (χ0) is 9.23. The van der Waals surface area contributed by atoms with Gasteiger partial charge >= 0.3 is 0 Å². The molecule has 0 aliphatic rings. The molecule has 0 spiro atoms. The average Bonchev–Trinajstić information content (AvgIpc) is 2.06. The van der Waals surface area contributed by atoms with Gasteiger partial charge in [-0.15, -0.1) is 0 Å². The Balaban J connectivity index is 3.48. The van der Waals surface area contributed by atoms with Gasteiger partial charge in [0, 0.05) is 0 Å². The molecule has 0 aromatic heterocycles. The fourth-order valence-electron chi connectivity index (χ4n) is 1.07. The molecule has 70 valence electrons. The molecule has 0 saturated heterocycles. The van der Waals surface area contributed by atoms with E-state index in [2.05, 4.69) is 39.0 Å². The molecule has 0 bridgehead atoms. The SMILES string of the molecule is CCC=CCC(C)=CCCCC. The molecule has 12 heavy (non-hydrogen) atoms. The highest BCUT2D eigenvalue weighted by molar-refractivity contribution is 5.04. The van der Waals surface area contributed by atoms with Crippen LogP contribution in [0.25, 0.3) is 0 Å². The lowest BCUT2D eigenvalue weighted by atomic mass is 10.1. The third-order valence-corrected chi connectivity index (χ3v) is 1.89. The van der Waals surface area contributed by atoms with Gasteiger partial charge in [0.2, 0.25) is 0 Å². The predicted molar refractivity (Wildman–Crippen MR) is 57.3 cm³/mol. The lowest BCUT2D eigenvalue weighted by molar-refractivity contribution is 0.809. The summed E-state index contributed by atoms with van der Waals surface area (Å²) >= 11 is 0. The van der Waals surface area contributed by atoms with Gasteiger partial charge in [-0.3, -0.25) is 0 Å². The molecule has 0 heterocycles. The Labute approximate surface area is 77.4 Å². The van der Waals surface area contributed by atoms with E-state index < -0.39 is 0 Å². The van der Waals surface area contributed by atoms with Crippen molar-refractivity contribution in [1.29, 1.82) is 0 Å². The number of hydrogen-bond acceptors (Lipinski definition) is 0. The van der Waals surface area contributed by atoms with Crippen molar-refractivity contribution >= 4 is 0 Å². The number of rotatable bonds is 6. The van der Waals surface area contributed by atoms with Gasteiger partial charge in [0.1, 0.15) is 0 Å². The second-order valence-corrected chi connectivity index (χ2v) is 3.28.